The Kier molecular flexibility index (Phi) is 6.02. The molecular formula is C28H24F2N4O2. The summed E-state index contributed by atoms with van der Waals surface area (Å²) >= 11 is 0. The van der Waals surface area contributed by atoms with Gasteiger partial charge < -0.3 is 15.1 Å². The molecule has 0 saturated carbocycles. The van der Waals surface area contributed by atoms with Crippen molar-refractivity contribution in [2.45, 2.75) is 32.2 Å². The lowest BCUT2D eigenvalue weighted by molar-refractivity contribution is -0.0301. The molecule has 1 amide bonds. The quantitative estimate of drug-likeness (QED) is 0.404. The first-order valence-corrected chi connectivity index (χ1v) is 11.6. The number of amides is 1. The predicted octanol–water partition coefficient (Wildman–Crippen LogP) is 5.38. The number of aromatic nitrogens is 1. The van der Waals surface area contributed by atoms with Crippen molar-refractivity contribution in [2.75, 3.05) is 13.1 Å². The maximum atomic E-state index is 13.6. The number of carbonyl (C=O) groups excluding carboxylic acids is 1. The SMILES string of the molecule is Cc1ccc(-c2ccnc3cc(-c4ccc(C(=O)NC5CNCC(F)(F)C5)cc4C)oc23)cc1C#N. The number of nitrogens with zero attached hydrogens (tertiary/aromatic N) is 2. The van der Waals surface area contributed by atoms with E-state index in [1.807, 2.05) is 44.2 Å². The standard InChI is InChI=1S/C28H24F2N4O2/c1-16-3-4-18(10-20(16)13-31)23-7-8-33-24-11-25(36-26(23)24)22-6-5-19(9-17(22)2)27(35)34-21-12-28(29,30)15-32-14-21/h3-11,21,32H,12,14-15H2,1-2H3,(H,34,35). The number of halogens is 2. The van der Waals surface area contributed by atoms with Gasteiger partial charge in [0.1, 0.15) is 11.3 Å². The summed E-state index contributed by atoms with van der Waals surface area (Å²) in [5, 5.41) is 14.8. The van der Waals surface area contributed by atoms with Crippen LogP contribution in [0.25, 0.3) is 33.6 Å². The molecular weight excluding hydrogens is 462 g/mol. The van der Waals surface area contributed by atoms with Gasteiger partial charge in [0.2, 0.25) is 0 Å². The Morgan fingerprint density at radius 2 is 1.97 bits per heavy atom. The van der Waals surface area contributed by atoms with E-state index in [0.29, 0.717) is 34.5 Å². The third kappa shape index (κ3) is 4.58. The van der Waals surface area contributed by atoms with Crippen LogP contribution in [0.2, 0.25) is 0 Å². The molecule has 1 aliphatic rings. The van der Waals surface area contributed by atoms with Crippen LogP contribution in [0.1, 0.15) is 33.5 Å². The number of nitriles is 1. The summed E-state index contributed by atoms with van der Waals surface area (Å²) < 4.78 is 33.5. The van der Waals surface area contributed by atoms with Gasteiger partial charge in [-0.25, -0.2) is 8.78 Å². The van der Waals surface area contributed by atoms with Crippen molar-refractivity contribution in [1.29, 1.82) is 5.26 Å². The van der Waals surface area contributed by atoms with Crippen molar-refractivity contribution in [3.05, 3.63) is 77.0 Å². The van der Waals surface area contributed by atoms with Gasteiger partial charge in [-0.05, 0) is 54.8 Å². The number of aryl methyl sites for hydroxylation is 2. The molecule has 1 fully saturated rings. The molecule has 0 spiro atoms. The molecule has 2 N–H and O–H groups in total. The zero-order chi connectivity index (χ0) is 25.4. The lowest BCUT2D eigenvalue weighted by atomic mass is 10.0. The predicted molar refractivity (Wildman–Crippen MR) is 133 cm³/mol. The fourth-order valence-electron chi connectivity index (χ4n) is 4.59. The maximum absolute atomic E-state index is 13.6. The Morgan fingerprint density at radius 3 is 2.72 bits per heavy atom. The van der Waals surface area contributed by atoms with Gasteiger partial charge in [-0.2, -0.15) is 5.26 Å². The summed E-state index contributed by atoms with van der Waals surface area (Å²) in [6.07, 6.45) is 1.32. The zero-order valence-electron chi connectivity index (χ0n) is 19.9. The first-order chi connectivity index (χ1) is 17.2. The van der Waals surface area contributed by atoms with Crippen LogP contribution in [0.3, 0.4) is 0 Å². The number of alkyl halides is 2. The van der Waals surface area contributed by atoms with E-state index >= 15 is 0 Å². The number of hydrogen-bond donors (Lipinski definition) is 2. The number of fused-ring (bicyclic) bond motifs is 1. The second kappa shape index (κ2) is 9.17. The van der Waals surface area contributed by atoms with E-state index in [-0.39, 0.29) is 13.0 Å². The van der Waals surface area contributed by atoms with E-state index in [0.717, 1.165) is 27.8 Å². The van der Waals surface area contributed by atoms with E-state index in [4.69, 9.17) is 4.42 Å². The summed E-state index contributed by atoms with van der Waals surface area (Å²) in [5.41, 5.74) is 6.46. The van der Waals surface area contributed by atoms with Gasteiger partial charge in [-0.1, -0.05) is 18.2 Å². The molecule has 2 aromatic carbocycles. The Balaban J connectivity index is 1.43. The summed E-state index contributed by atoms with van der Waals surface area (Å²) in [6, 6.07) is 16.1. The number of pyridine rings is 1. The average molecular weight is 487 g/mol. The highest BCUT2D eigenvalue weighted by molar-refractivity contribution is 5.96. The molecule has 0 bridgehead atoms. The second-order valence-corrected chi connectivity index (χ2v) is 9.22. The molecule has 4 aromatic rings. The van der Waals surface area contributed by atoms with Crippen LogP contribution in [0, 0.1) is 25.2 Å². The molecule has 182 valence electrons. The fourth-order valence-corrected chi connectivity index (χ4v) is 4.59. The Labute approximate surface area is 207 Å². The molecule has 0 radical (unpaired) electrons. The first kappa shape index (κ1) is 23.6. The van der Waals surface area contributed by atoms with Crippen molar-refractivity contribution in [2.24, 2.45) is 0 Å². The number of hydrogen-bond acceptors (Lipinski definition) is 5. The van der Waals surface area contributed by atoms with Gasteiger partial charge >= 0.3 is 0 Å². The molecule has 1 unspecified atom stereocenters. The summed E-state index contributed by atoms with van der Waals surface area (Å²) in [7, 11) is 0. The molecule has 8 heteroatoms. The minimum atomic E-state index is -2.83. The fraction of sp³-hybridized carbons (Fsp3) is 0.250. The smallest absolute Gasteiger partial charge is 0.262 e. The van der Waals surface area contributed by atoms with Crippen molar-refractivity contribution in [3.63, 3.8) is 0 Å². The number of benzene rings is 2. The minimum Gasteiger partial charge on any atom is -0.454 e. The summed E-state index contributed by atoms with van der Waals surface area (Å²) in [4.78, 5) is 17.1. The second-order valence-electron chi connectivity index (χ2n) is 9.22. The highest BCUT2D eigenvalue weighted by Crippen LogP contribution is 2.35. The molecule has 6 nitrogen and oxygen atoms in total. The van der Waals surface area contributed by atoms with Crippen molar-refractivity contribution in [1.82, 2.24) is 15.6 Å². The van der Waals surface area contributed by atoms with Crippen LogP contribution in [-0.4, -0.2) is 35.9 Å². The minimum absolute atomic E-state index is 0.309. The van der Waals surface area contributed by atoms with Gasteiger partial charge in [-0.3, -0.25) is 9.78 Å². The van der Waals surface area contributed by atoms with Crippen molar-refractivity contribution in [3.8, 4) is 28.5 Å². The van der Waals surface area contributed by atoms with Crippen LogP contribution in [-0.2, 0) is 0 Å². The normalized spacial score (nSPS) is 17.0. The lowest BCUT2D eigenvalue weighted by Crippen LogP contribution is -2.53. The first-order valence-electron chi connectivity index (χ1n) is 11.6. The van der Waals surface area contributed by atoms with Crippen LogP contribution >= 0.6 is 0 Å². The van der Waals surface area contributed by atoms with Crippen molar-refractivity contribution >= 4 is 17.0 Å². The number of nitrogens with one attached hydrogen (secondary N) is 2. The highest BCUT2D eigenvalue weighted by atomic mass is 19.3. The van der Waals surface area contributed by atoms with Gasteiger partial charge in [-0.15, -0.1) is 0 Å². The highest BCUT2D eigenvalue weighted by Gasteiger charge is 2.36. The Morgan fingerprint density at radius 1 is 1.14 bits per heavy atom. The Hall–Kier alpha value is -4.09. The third-order valence-corrected chi connectivity index (χ3v) is 6.49. The Bertz CT molecular complexity index is 1520. The molecule has 36 heavy (non-hydrogen) atoms. The topological polar surface area (TPSA) is 90.9 Å². The third-order valence-electron chi connectivity index (χ3n) is 6.49. The largest absolute Gasteiger partial charge is 0.454 e. The van der Waals surface area contributed by atoms with Crippen LogP contribution in [0.5, 0.6) is 0 Å². The van der Waals surface area contributed by atoms with E-state index in [9.17, 15) is 18.8 Å². The molecule has 3 heterocycles. The summed E-state index contributed by atoms with van der Waals surface area (Å²) in [6.45, 7) is 3.70. The van der Waals surface area contributed by atoms with Gasteiger partial charge in [0, 0.05) is 48.0 Å². The van der Waals surface area contributed by atoms with E-state index in [1.165, 1.54) is 0 Å². The maximum Gasteiger partial charge on any atom is 0.262 e. The number of piperidine rings is 1. The van der Waals surface area contributed by atoms with Crippen LogP contribution in [0.4, 0.5) is 8.78 Å². The molecule has 1 aliphatic heterocycles. The molecule has 5 rings (SSSR count). The van der Waals surface area contributed by atoms with Gasteiger partial charge in [0.25, 0.3) is 11.8 Å². The lowest BCUT2D eigenvalue weighted by Gasteiger charge is -2.30. The number of rotatable bonds is 4. The van der Waals surface area contributed by atoms with Gasteiger partial charge in [0.05, 0.1) is 18.2 Å². The molecule has 1 saturated heterocycles. The molecule has 1 atom stereocenters. The van der Waals surface area contributed by atoms with Crippen LogP contribution in [0.15, 0.2) is 59.1 Å². The average Bonchev–Trinajstić information content (AvgIpc) is 3.28. The zero-order valence-corrected chi connectivity index (χ0v) is 19.9. The monoisotopic (exact) mass is 486 g/mol. The number of carbonyl (C=O) groups is 1. The molecule has 0 aliphatic carbocycles. The van der Waals surface area contributed by atoms with E-state index in [2.05, 4.69) is 21.7 Å². The number of furan rings is 1. The van der Waals surface area contributed by atoms with E-state index < -0.39 is 17.9 Å². The summed E-state index contributed by atoms with van der Waals surface area (Å²) in [5.74, 6) is -2.63. The van der Waals surface area contributed by atoms with E-state index in [1.54, 1.807) is 24.4 Å². The van der Waals surface area contributed by atoms with Crippen LogP contribution < -0.4 is 10.6 Å². The van der Waals surface area contributed by atoms with Gasteiger partial charge in [0.15, 0.2) is 5.58 Å². The van der Waals surface area contributed by atoms with Crippen molar-refractivity contribution < 1.29 is 18.0 Å². The molecule has 2 aromatic heterocycles.